The highest BCUT2D eigenvalue weighted by atomic mass is 16.5. The van der Waals surface area contributed by atoms with Crippen LogP contribution in [0.25, 0.3) is 0 Å². The Hall–Kier alpha value is -1.76. The Morgan fingerprint density at radius 2 is 2.38 bits per heavy atom. The lowest BCUT2D eigenvalue weighted by molar-refractivity contribution is 0.124. The molecule has 0 radical (unpaired) electrons. The summed E-state index contributed by atoms with van der Waals surface area (Å²) in [5.41, 5.74) is -0.973. The van der Waals surface area contributed by atoms with Crippen molar-refractivity contribution >= 4 is 0 Å². The van der Waals surface area contributed by atoms with Gasteiger partial charge in [0.05, 0.1) is 6.61 Å². The van der Waals surface area contributed by atoms with Gasteiger partial charge in [-0.2, -0.15) is 0 Å². The molecule has 13 heavy (non-hydrogen) atoms. The molecule has 72 valence electrons. The van der Waals surface area contributed by atoms with Crippen LogP contribution in [0, 0.1) is 5.41 Å². The summed E-state index contributed by atoms with van der Waals surface area (Å²) in [5, 5.41) is 26.3. The van der Waals surface area contributed by atoms with E-state index in [2.05, 4.69) is 0 Å². The number of rotatable bonds is 3. The van der Waals surface area contributed by atoms with E-state index in [4.69, 9.17) is 20.5 Å². The maximum absolute atomic E-state index is 11.0. The fraction of sp³-hybridized carbons (Fsp3) is 0.333. The van der Waals surface area contributed by atoms with Gasteiger partial charge in [0.25, 0.3) is 0 Å². The number of aliphatic hydroxyl groups is 1. The Balaban J connectivity index is 3.02. The molecular formula is C6H9N3O4. The standard InChI is InChI=1S/C6H9N3O4/c7-5-3-4(13-2-1-10)6(11)8-9(5)12/h3,7,10,12H,1-2H2,(H,8,11). The molecule has 0 aromatic carbocycles. The Kier molecular flexibility index (Phi) is 2.70. The lowest BCUT2D eigenvalue weighted by Gasteiger charge is -2.03. The van der Waals surface area contributed by atoms with E-state index in [1.807, 2.05) is 5.10 Å². The van der Waals surface area contributed by atoms with Crippen LogP contribution >= 0.6 is 0 Å². The molecule has 1 aromatic rings. The van der Waals surface area contributed by atoms with E-state index >= 15 is 0 Å². The van der Waals surface area contributed by atoms with Crippen LogP contribution in [0.15, 0.2) is 10.9 Å². The smallest absolute Gasteiger partial charge is 0.307 e. The highest BCUT2D eigenvalue weighted by Gasteiger charge is 2.01. The molecule has 0 bridgehead atoms. The second-order valence-corrected chi connectivity index (χ2v) is 2.22. The highest BCUT2D eigenvalue weighted by Crippen LogP contribution is 1.94. The predicted molar refractivity (Wildman–Crippen MR) is 40.7 cm³/mol. The number of nitrogens with zero attached hydrogens (tertiary/aromatic N) is 1. The fourth-order valence-corrected chi connectivity index (χ4v) is 0.725. The van der Waals surface area contributed by atoms with Crippen molar-refractivity contribution in [3.05, 3.63) is 21.9 Å². The monoisotopic (exact) mass is 187 g/mol. The van der Waals surface area contributed by atoms with Gasteiger partial charge >= 0.3 is 5.56 Å². The zero-order valence-corrected chi connectivity index (χ0v) is 6.65. The van der Waals surface area contributed by atoms with Gasteiger partial charge in [-0.3, -0.25) is 10.2 Å². The largest absolute Gasteiger partial charge is 0.485 e. The van der Waals surface area contributed by atoms with Crippen LogP contribution in [0.4, 0.5) is 0 Å². The van der Waals surface area contributed by atoms with Crippen molar-refractivity contribution < 1.29 is 15.1 Å². The number of ether oxygens (including phenoxy) is 1. The van der Waals surface area contributed by atoms with Gasteiger partial charge in [0.1, 0.15) is 6.61 Å². The summed E-state index contributed by atoms with van der Waals surface area (Å²) in [6.07, 6.45) is 0. The third kappa shape index (κ3) is 2.09. The molecule has 0 atom stereocenters. The van der Waals surface area contributed by atoms with Crippen molar-refractivity contribution in [2.75, 3.05) is 13.2 Å². The van der Waals surface area contributed by atoms with E-state index in [-0.39, 0.29) is 29.3 Å². The second-order valence-electron chi connectivity index (χ2n) is 2.22. The van der Waals surface area contributed by atoms with E-state index in [1.165, 1.54) is 0 Å². The minimum Gasteiger partial charge on any atom is -0.485 e. The zero-order chi connectivity index (χ0) is 9.84. The third-order valence-corrected chi connectivity index (χ3v) is 1.28. The normalized spacial score (nSPS) is 9.92. The summed E-state index contributed by atoms with van der Waals surface area (Å²) >= 11 is 0. The van der Waals surface area contributed by atoms with Crippen molar-refractivity contribution in [1.29, 1.82) is 5.41 Å². The third-order valence-electron chi connectivity index (χ3n) is 1.28. The van der Waals surface area contributed by atoms with Gasteiger partial charge in [0.2, 0.25) is 0 Å². The number of H-pyrrole nitrogens is 1. The number of hydrogen-bond donors (Lipinski definition) is 4. The molecule has 0 unspecified atom stereocenters. The molecule has 7 nitrogen and oxygen atoms in total. The van der Waals surface area contributed by atoms with Gasteiger partial charge in [-0.15, -0.1) is 4.85 Å². The summed E-state index contributed by atoms with van der Waals surface area (Å²) in [7, 11) is 0. The fourth-order valence-electron chi connectivity index (χ4n) is 0.725. The van der Waals surface area contributed by atoms with Crippen molar-refractivity contribution in [3.8, 4) is 5.75 Å². The average molecular weight is 187 g/mol. The highest BCUT2D eigenvalue weighted by molar-refractivity contribution is 5.12. The van der Waals surface area contributed by atoms with Gasteiger partial charge in [-0.25, -0.2) is 5.10 Å². The molecule has 0 aliphatic heterocycles. The Labute approximate surface area is 72.3 Å². The van der Waals surface area contributed by atoms with Gasteiger partial charge in [0, 0.05) is 6.07 Å². The van der Waals surface area contributed by atoms with Crippen molar-refractivity contribution in [2.45, 2.75) is 0 Å². The first-order valence-electron chi connectivity index (χ1n) is 3.49. The van der Waals surface area contributed by atoms with Gasteiger partial charge < -0.3 is 15.1 Å². The lowest BCUT2D eigenvalue weighted by Crippen LogP contribution is -2.28. The maximum atomic E-state index is 11.0. The lowest BCUT2D eigenvalue weighted by atomic mass is 10.5. The van der Waals surface area contributed by atoms with Gasteiger partial charge in [-0.1, -0.05) is 0 Å². The van der Waals surface area contributed by atoms with Crippen LogP contribution in [0.5, 0.6) is 5.75 Å². The molecule has 1 rings (SSSR count). The first-order chi connectivity index (χ1) is 6.15. The molecular weight excluding hydrogens is 178 g/mol. The Morgan fingerprint density at radius 1 is 1.69 bits per heavy atom. The van der Waals surface area contributed by atoms with Crippen LogP contribution in [0.2, 0.25) is 0 Å². The summed E-state index contributed by atoms with van der Waals surface area (Å²) in [4.78, 5) is 11.2. The molecule has 1 heterocycles. The number of aromatic amines is 1. The maximum Gasteiger partial charge on any atom is 0.307 e. The minimum absolute atomic E-state index is 0.0298. The number of hydrogen-bond acceptors (Lipinski definition) is 5. The van der Waals surface area contributed by atoms with E-state index in [1.54, 1.807) is 0 Å². The molecule has 0 saturated heterocycles. The van der Waals surface area contributed by atoms with Gasteiger partial charge in [-0.05, 0) is 0 Å². The van der Waals surface area contributed by atoms with E-state index in [9.17, 15) is 4.79 Å². The molecule has 0 fully saturated rings. The molecule has 7 heteroatoms. The molecule has 0 saturated carbocycles. The quantitative estimate of drug-likeness (QED) is 0.421. The first kappa shape index (κ1) is 9.33. The Morgan fingerprint density at radius 3 is 3.00 bits per heavy atom. The molecule has 1 aromatic heterocycles. The molecule has 0 amide bonds. The molecule has 4 N–H and O–H groups in total. The second kappa shape index (κ2) is 3.76. The van der Waals surface area contributed by atoms with Crippen molar-refractivity contribution in [1.82, 2.24) is 9.94 Å². The van der Waals surface area contributed by atoms with E-state index in [0.717, 1.165) is 6.07 Å². The summed E-state index contributed by atoms with van der Waals surface area (Å²) < 4.78 is 4.78. The Bertz CT molecular complexity index is 394. The van der Waals surface area contributed by atoms with Crippen molar-refractivity contribution in [3.63, 3.8) is 0 Å². The molecule has 0 aliphatic carbocycles. The predicted octanol–water partition coefficient (Wildman–Crippen LogP) is -1.74. The zero-order valence-electron chi connectivity index (χ0n) is 6.65. The van der Waals surface area contributed by atoms with Crippen LogP contribution in [-0.4, -0.2) is 33.5 Å². The number of nitrogens with one attached hydrogen (secondary N) is 2. The summed E-state index contributed by atoms with van der Waals surface area (Å²) in [5.74, 6) is -0.107. The van der Waals surface area contributed by atoms with Crippen LogP contribution in [0.3, 0.4) is 0 Å². The SMILES string of the molecule is N=c1cc(OCCO)c(=O)[nH]n1O. The van der Waals surface area contributed by atoms with Crippen LogP contribution in [0.1, 0.15) is 0 Å². The van der Waals surface area contributed by atoms with E-state index < -0.39 is 5.56 Å². The minimum atomic E-state index is -0.660. The average Bonchev–Trinajstić information content (AvgIpc) is 2.09. The van der Waals surface area contributed by atoms with Gasteiger partial charge in [0.15, 0.2) is 11.2 Å². The first-order valence-corrected chi connectivity index (χ1v) is 3.49. The van der Waals surface area contributed by atoms with Crippen LogP contribution < -0.4 is 15.8 Å². The summed E-state index contributed by atoms with van der Waals surface area (Å²) in [6, 6.07) is 1.05. The van der Waals surface area contributed by atoms with E-state index in [0.29, 0.717) is 0 Å². The van der Waals surface area contributed by atoms with Crippen molar-refractivity contribution in [2.24, 2.45) is 0 Å². The molecule has 0 spiro atoms. The molecule has 0 aliphatic rings. The summed E-state index contributed by atoms with van der Waals surface area (Å²) in [6.45, 7) is -0.251. The number of aromatic nitrogens is 2. The van der Waals surface area contributed by atoms with Crippen LogP contribution in [-0.2, 0) is 0 Å². The number of aliphatic hydroxyl groups excluding tert-OH is 1. The topological polar surface area (TPSA) is 111 Å².